The Kier molecular flexibility index (Phi) is 6.13. The summed E-state index contributed by atoms with van der Waals surface area (Å²) in [6.07, 6.45) is 0. The summed E-state index contributed by atoms with van der Waals surface area (Å²) in [4.78, 5) is 23.2. The van der Waals surface area contributed by atoms with Gasteiger partial charge in [-0.25, -0.2) is 13.1 Å². The fraction of sp³-hybridized carbons (Fsp3) is 0.286. The van der Waals surface area contributed by atoms with Crippen LogP contribution in [0.2, 0.25) is 0 Å². The van der Waals surface area contributed by atoms with Crippen LogP contribution in [0.25, 0.3) is 5.69 Å². The molecule has 1 N–H and O–H groups in total. The van der Waals surface area contributed by atoms with Crippen LogP contribution in [0, 0.1) is 17.0 Å². The predicted octanol–water partition coefficient (Wildman–Crippen LogP) is 3.33. The maximum atomic E-state index is 12.9. The van der Waals surface area contributed by atoms with E-state index in [1.165, 1.54) is 48.2 Å². The summed E-state index contributed by atoms with van der Waals surface area (Å²) >= 11 is 0. The molecule has 32 heavy (non-hydrogen) atoms. The quantitative estimate of drug-likeness (QED) is 0.426. The minimum atomic E-state index is -4.07. The second-order valence-electron chi connectivity index (χ2n) is 7.54. The average molecular weight is 461 g/mol. The number of rotatable bonds is 7. The first-order chi connectivity index (χ1) is 15.0. The van der Waals surface area contributed by atoms with Gasteiger partial charge in [0.1, 0.15) is 5.75 Å². The third-order valence-electron chi connectivity index (χ3n) is 5.21. The molecule has 1 heterocycles. The monoisotopic (exact) mass is 460 g/mol. The molecule has 2 aromatic carbocycles. The molecule has 11 heteroatoms. The molecule has 0 fully saturated rings. The molecular formula is C21H24N4O6S. The SMILES string of the molecule is COc1ccc([N+](=O)[O-])cc1NS(=O)(=O)c1ccc(-n2c(=O)c(C(C)C)c(C)n2C)cc1. The van der Waals surface area contributed by atoms with Gasteiger partial charge in [0.25, 0.3) is 21.3 Å². The van der Waals surface area contributed by atoms with Gasteiger partial charge in [-0.15, -0.1) is 0 Å². The van der Waals surface area contributed by atoms with Gasteiger partial charge in [0.15, 0.2) is 0 Å². The molecule has 0 saturated carbocycles. The third-order valence-corrected chi connectivity index (χ3v) is 6.59. The van der Waals surface area contributed by atoms with Crippen LogP contribution in [0.3, 0.4) is 0 Å². The predicted molar refractivity (Wildman–Crippen MR) is 120 cm³/mol. The van der Waals surface area contributed by atoms with Gasteiger partial charge in [-0.2, -0.15) is 0 Å². The van der Waals surface area contributed by atoms with Crippen molar-refractivity contribution in [1.29, 1.82) is 0 Å². The van der Waals surface area contributed by atoms with Crippen LogP contribution in [-0.2, 0) is 17.1 Å². The first-order valence-electron chi connectivity index (χ1n) is 9.72. The Balaban J connectivity index is 1.98. The fourth-order valence-corrected chi connectivity index (χ4v) is 4.61. The molecule has 0 unspecified atom stereocenters. The molecule has 0 bridgehead atoms. The number of aromatic nitrogens is 2. The minimum absolute atomic E-state index is 0.0451. The topological polar surface area (TPSA) is 125 Å². The van der Waals surface area contributed by atoms with E-state index in [0.717, 1.165) is 11.8 Å². The second-order valence-corrected chi connectivity index (χ2v) is 9.22. The molecule has 0 aliphatic rings. The van der Waals surface area contributed by atoms with Crippen LogP contribution in [-0.4, -0.2) is 29.8 Å². The highest BCUT2D eigenvalue weighted by molar-refractivity contribution is 7.92. The van der Waals surface area contributed by atoms with Gasteiger partial charge >= 0.3 is 0 Å². The summed E-state index contributed by atoms with van der Waals surface area (Å²) < 4.78 is 36.4. The number of nitro groups is 1. The Bertz CT molecular complexity index is 1340. The molecule has 0 spiro atoms. The Labute approximate surface area is 185 Å². The molecule has 0 atom stereocenters. The molecular weight excluding hydrogens is 436 g/mol. The second kappa shape index (κ2) is 8.50. The van der Waals surface area contributed by atoms with Crippen molar-refractivity contribution in [3.05, 3.63) is 74.2 Å². The van der Waals surface area contributed by atoms with Crippen molar-refractivity contribution in [2.24, 2.45) is 7.05 Å². The van der Waals surface area contributed by atoms with E-state index < -0.39 is 14.9 Å². The summed E-state index contributed by atoms with van der Waals surface area (Å²) in [5, 5.41) is 11.0. The third kappa shape index (κ3) is 4.11. The number of ether oxygens (including phenoxy) is 1. The van der Waals surface area contributed by atoms with Gasteiger partial charge in [0.2, 0.25) is 0 Å². The van der Waals surface area contributed by atoms with E-state index in [0.29, 0.717) is 11.3 Å². The standard InChI is InChI=1S/C21H24N4O6S/c1-13(2)20-14(3)23(4)24(21(20)26)15-6-9-17(10-7-15)32(29,30)22-18-12-16(25(27)28)8-11-19(18)31-5/h6-13,22H,1-5H3. The largest absolute Gasteiger partial charge is 0.495 e. The number of hydrogen-bond donors (Lipinski definition) is 1. The molecule has 3 rings (SSSR count). The summed E-state index contributed by atoms with van der Waals surface area (Å²) in [7, 11) is -0.971. The van der Waals surface area contributed by atoms with Gasteiger partial charge in [-0.3, -0.25) is 24.3 Å². The van der Waals surface area contributed by atoms with E-state index in [1.54, 1.807) is 11.7 Å². The van der Waals surface area contributed by atoms with Crippen molar-refractivity contribution in [1.82, 2.24) is 9.36 Å². The number of nitrogens with one attached hydrogen (secondary N) is 1. The number of nitrogens with zero attached hydrogens (tertiary/aromatic N) is 3. The molecule has 0 saturated heterocycles. The van der Waals surface area contributed by atoms with Crippen LogP contribution < -0.4 is 15.0 Å². The Morgan fingerprint density at radius 3 is 2.25 bits per heavy atom. The Morgan fingerprint density at radius 2 is 1.75 bits per heavy atom. The molecule has 0 amide bonds. The average Bonchev–Trinajstić information content (AvgIpc) is 2.96. The zero-order valence-corrected chi connectivity index (χ0v) is 19.1. The summed E-state index contributed by atoms with van der Waals surface area (Å²) in [6, 6.07) is 9.42. The van der Waals surface area contributed by atoms with Gasteiger partial charge in [0, 0.05) is 30.4 Å². The van der Waals surface area contributed by atoms with Crippen molar-refractivity contribution in [2.75, 3.05) is 11.8 Å². The number of hydrogen-bond acceptors (Lipinski definition) is 6. The zero-order chi connectivity index (χ0) is 23.8. The Morgan fingerprint density at radius 1 is 1.12 bits per heavy atom. The van der Waals surface area contributed by atoms with Crippen molar-refractivity contribution in [3.63, 3.8) is 0 Å². The van der Waals surface area contributed by atoms with E-state index in [-0.39, 0.29) is 33.5 Å². The van der Waals surface area contributed by atoms with Crippen molar-refractivity contribution < 1.29 is 18.1 Å². The van der Waals surface area contributed by atoms with E-state index >= 15 is 0 Å². The first-order valence-corrected chi connectivity index (χ1v) is 11.2. The lowest BCUT2D eigenvalue weighted by molar-refractivity contribution is -0.384. The molecule has 170 valence electrons. The number of nitro benzene ring substituents is 1. The lowest BCUT2D eigenvalue weighted by Gasteiger charge is -2.13. The van der Waals surface area contributed by atoms with E-state index in [9.17, 15) is 23.3 Å². The highest BCUT2D eigenvalue weighted by Gasteiger charge is 2.21. The van der Waals surface area contributed by atoms with Gasteiger partial charge in [-0.1, -0.05) is 13.8 Å². The van der Waals surface area contributed by atoms with Crippen LogP contribution in [0.5, 0.6) is 5.75 Å². The summed E-state index contributed by atoms with van der Waals surface area (Å²) in [5.74, 6) is 0.187. The van der Waals surface area contributed by atoms with Crippen LogP contribution in [0.1, 0.15) is 31.0 Å². The number of benzene rings is 2. The molecule has 10 nitrogen and oxygen atoms in total. The summed E-state index contributed by atoms with van der Waals surface area (Å²) in [6.45, 7) is 5.75. The number of anilines is 1. The minimum Gasteiger partial charge on any atom is -0.495 e. The highest BCUT2D eigenvalue weighted by atomic mass is 32.2. The van der Waals surface area contributed by atoms with Crippen LogP contribution in [0.4, 0.5) is 11.4 Å². The van der Waals surface area contributed by atoms with Gasteiger partial charge in [-0.05, 0) is 43.2 Å². The van der Waals surface area contributed by atoms with Crippen LogP contribution >= 0.6 is 0 Å². The van der Waals surface area contributed by atoms with Crippen LogP contribution in [0.15, 0.2) is 52.2 Å². The smallest absolute Gasteiger partial charge is 0.275 e. The molecule has 0 aliphatic heterocycles. The number of methoxy groups -OCH3 is 1. The first kappa shape index (κ1) is 23.1. The molecule has 1 aromatic heterocycles. The normalized spacial score (nSPS) is 11.6. The zero-order valence-electron chi connectivity index (χ0n) is 18.3. The Hall–Kier alpha value is -3.60. The fourth-order valence-electron chi connectivity index (χ4n) is 3.54. The van der Waals surface area contributed by atoms with Crippen molar-refractivity contribution in [2.45, 2.75) is 31.6 Å². The van der Waals surface area contributed by atoms with Crippen molar-refractivity contribution in [3.8, 4) is 11.4 Å². The lowest BCUT2D eigenvalue weighted by atomic mass is 10.0. The number of sulfonamides is 1. The molecule has 0 radical (unpaired) electrons. The van der Waals surface area contributed by atoms with E-state index in [4.69, 9.17) is 4.74 Å². The molecule has 3 aromatic rings. The van der Waals surface area contributed by atoms with E-state index in [1.807, 2.05) is 20.8 Å². The highest BCUT2D eigenvalue weighted by Crippen LogP contribution is 2.31. The van der Waals surface area contributed by atoms with Gasteiger partial charge in [0.05, 0.1) is 28.3 Å². The maximum Gasteiger partial charge on any atom is 0.275 e. The molecule has 0 aliphatic carbocycles. The summed E-state index contributed by atoms with van der Waals surface area (Å²) in [5.41, 5.74) is 1.55. The number of non-ortho nitro benzene ring substituents is 1. The van der Waals surface area contributed by atoms with E-state index in [2.05, 4.69) is 4.72 Å². The van der Waals surface area contributed by atoms with Gasteiger partial charge < -0.3 is 4.74 Å². The lowest BCUT2D eigenvalue weighted by Crippen LogP contribution is -2.21. The van der Waals surface area contributed by atoms with Crippen molar-refractivity contribution >= 4 is 21.4 Å². The maximum absolute atomic E-state index is 12.9.